The van der Waals surface area contributed by atoms with Crippen LogP contribution in [0.25, 0.3) is 0 Å². The van der Waals surface area contributed by atoms with Crippen molar-refractivity contribution in [3.05, 3.63) is 18.2 Å². The zero-order chi connectivity index (χ0) is 19.5. The summed E-state index contributed by atoms with van der Waals surface area (Å²) in [6, 6.07) is 5.45. The van der Waals surface area contributed by atoms with Crippen LogP contribution in [0.4, 0.5) is 5.69 Å². The average Bonchev–Trinajstić information content (AvgIpc) is 3.32. The molecule has 3 aliphatic rings. The van der Waals surface area contributed by atoms with Crippen molar-refractivity contribution >= 4 is 17.5 Å². The minimum absolute atomic E-state index is 0.0242. The van der Waals surface area contributed by atoms with Gasteiger partial charge in [-0.1, -0.05) is 6.92 Å². The van der Waals surface area contributed by atoms with Crippen LogP contribution in [0.5, 0.6) is 11.5 Å². The number of piperidine rings is 1. The van der Waals surface area contributed by atoms with Crippen molar-refractivity contribution in [2.75, 3.05) is 44.4 Å². The monoisotopic (exact) mass is 387 g/mol. The van der Waals surface area contributed by atoms with E-state index >= 15 is 0 Å². The molecule has 2 saturated heterocycles. The van der Waals surface area contributed by atoms with E-state index in [2.05, 4.69) is 17.1 Å². The fourth-order valence-electron chi connectivity index (χ4n) is 4.13. The number of carbonyl (C=O) groups excluding carboxylic acids is 2. The lowest BCUT2D eigenvalue weighted by Crippen LogP contribution is -2.37. The molecule has 1 aromatic rings. The minimum atomic E-state index is -0.297. The van der Waals surface area contributed by atoms with Crippen molar-refractivity contribution in [2.24, 2.45) is 11.8 Å². The van der Waals surface area contributed by atoms with Gasteiger partial charge in [0.05, 0.1) is 5.92 Å². The van der Waals surface area contributed by atoms with E-state index in [0.717, 1.165) is 37.7 Å². The highest BCUT2D eigenvalue weighted by molar-refractivity contribution is 6.00. The first kappa shape index (κ1) is 19.1. The molecule has 7 heteroatoms. The van der Waals surface area contributed by atoms with E-state index in [9.17, 15) is 9.59 Å². The molecule has 152 valence electrons. The van der Waals surface area contributed by atoms with Gasteiger partial charge in [-0.25, -0.2) is 0 Å². The molecule has 0 aliphatic carbocycles. The maximum Gasteiger partial charge on any atom is 0.231 e. The number of nitrogens with one attached hydrogen (secondary N) is 1. The second-order valence-corrected chi connectivity index (χ2v) is 8.11. The van der Waals surface area contributed by atoms with Crippen molar-refractivity contribution in [3.8, 4) is 11.5 Å². The quantitative estimate of drug-likeness (QED) is 0.756. The lowest BCUT2D eigenvalue weighted by molar-refractivity contribution is -0.126. The molecule has 0 aromatic heterocycles. The van der Waals surface area contributed by atoms with E-state index in [1.165, 1.54) is 12.8 Å². The number of anilines is 1. The van der Waals surface area contributed by atoms with Crippen LogP contribution in [-0.2, 0) is 9.59 Å². The van der Waals surface area contributed by atoms with Crippen LogP contribution >= 0.6 is 0 Å². The summed E-state index contributed by atoms with van der Waals surface area (Å²) >= 11 is 0. The van der Waals surface area contributed by atoms with Gasteiger partial charge in [-0.2, -0.15) is 0 Å². The maximum absolute atomic E-state index is 12.5. The Bertz CT molecular complexity index is 730. The van der Waals surface area contributed by atoms with Gasteiger partial charge in [0, 0.05) is 31.3 Å². The second kappa shape index (κ2) is 8.39. The molecule has 1 aromatic carbocycles. The van der Waals surface area contributed by atoms with E-state index in [0.29, 0.717) is 24.6 Å². The van der Waals surface area contributed by atoms with Crippen molar-refractivity contribution in [1.82, 2.24) is 10.2 Å². The Balaban J connectivity index is 1.23. The number of hydrogen-bond acceptors (Lipinski definition) is 5. The molecule has 3 aliphatic heterocycles. The van der Waals surface area contributed by atoms with E-state index in [1.807, 2.05) is 6.07 Å². The Kier molecular flexibility index (Phi) is 5.71. The van der Waals surface area contributed by atoms with Crippen LogP contribution in [-0.4, -0.2) is 56.2 Å². The third-order valence-corrected chi connectivity index (χ3v) is 5.99. The first-order valence-corrected chi connectivity index (χ1v) is 10.3. The summed E-state index contributed by atoms with van der Waals surface area (Å²) in [4.78, 5) is 29.1. The highest BCUT2D eigenvalue weighted by Crippen LogP contribution is 2.37. The smallest absolute Gasteiger partial charge is 0.231 e. The summed E-state index contributed by atoms with van der Waals surface area (Å²) in [6.45, 7) is 6.95. The standard InChI is InChI=1S/C21H29N3O4/c1-15-5-9-23(10-6-15)8-2-7-22-21(26)16-11-20(25)24(13-16)17-3-4-18-19(12-17)28-14-27-18/h3-4,12,15-16H,2,5-11,13-14H2,1H3,(H,22,26)/t16-/m1/s1. The zero-order valence-electron chi connectivity index (χ0n) is 16.5. The topological polar surface area (TPSA) is 71.1 Å². The van der Waals surface area contributed by atoms with Crippen LogP contribution in [0.3, 0.4) is 0 Å². The number of hydrogen-bond donors (Lipinski definition) is 1. The van der Waals surface area contributed by atoms with Crippen molar-refractivity contribution in [3.63, 3.8) is 0 Å². The number of ether oxygens (including phenoxy) is 2. The highest BCUT2D eigenvalue weighted by atomic mass is 16.7. The lowest BCUT2D eigenvalue weighted by atomic mass is 9.99. The van der Waals surface area contributed by atoms with Gasteiger partial charge in [-0.3, -0.25) is 9.59 Å². The van der Waals surface area contributed by atoms with Gasteiger partial charge < -0.3 is 24.6 Å². The Hall–Kier alpha value is -2.28. The Labute approximate surface area is 166 Å². The van der Waals surface area contributed by atoms with Crippen LogP contribution in [0.2, 0.25) is 0 Å². The summed E-state index contributed by atoms with van der Waals surface area (Å²) in [7, 11) is 0. The minimum Gasteiger partial charge on any atom is -0.454 e. The Morgan fingerprint density at radius 1 is 1.21 bits per heavy atom. The fourth-order valence-corrected chi connectivity index (χ4v) is 4.13. The van der Waals surface area contributed by atoms with Crippen LogP contribution in [0.15, 0.2) is 18.2 Å². The number of nitrogens with zero attached hydrogens (tertiary/aromatic N) is 2. The summed E-state index contributed by atoms with van der Waals surface area (Å²) < 4.78 is 10.7. The molecule has 0 radical (unpaired) electrons. The number of fused-ring (bicyclic) bond motifs is 1. The Morgan fingerprint density at radius 2 is 2.00 bits per heavy atom. The molecule has 7 nitrogen and oxygen atoms in total. The molecule has 0 unspecified atom stereocenters. The molecule has 0 bridgehead atoms. The molecule has 0 saturated carbocycles. The first-order valence-electron chi connectivity index (χ1n) is 10.3. The molecular formula is C21H29N3O4. The van der Waals surface area contributed by atoms with Crippen LogP contribution in [0.1, 0.15) is 32.6 Å². The molecule has 2 fully saturated rings. The van der Waals surface area contributed by atoms with Gasteiger partial charge in [-0.05, 0) is 56.9 Å². The molecule has 1 atom stereocenters. The van der Waals surface area contributed by atoms with Crippen molar-refractivity contribution in [2.45, 2.75) is 32.6 Å². The molecule has 3 heterocycles. The number of amides is 2. The van der Waals surface area contributed by atoms with Gasteiger partial charge in [0.1, 0.15) is 0 Å². The third-order valence-electron chi connectivity index (χ3n) is 5.99. The van der Waals surface area contributed by atoms with Gasteiger partial charge in [0.2, 0.25) is 18.6 Å². The van der Waals surface area contributed by atoms with E-state index < -0.39 is 0 Å². The predicted molar refractivity (Wildman–Crippen MR) is 105 cm³/mol. The molecule has 1 N–H and O–H groups in total. The number of rotatable bonds is 6. The van der Waals surface area contributed by atoms with E-state index in [-0.39, 0.29) is 30.9 Å². The van der Waals surface area contributed by atoms with Gasteiger partial charge >= 0.3 is 0 Å². The fraction of sp³-hybridized carbons (Fsp3) is 0.619. The summed E-state index contributed by atoms with van der Waals surface area (Å²) in [6.07, 6.45) is 3.75. The number of carbonyl (C=O) groups is 2. The van der Waals surface area contributed by atoms with Crippen LogP contribution < -0.4 is 19.7 Å². The lowest BCUT2D eigenvalue weighted by Gasteiger charge is -2.30. The van der Waals surface area contributed by atoms with Crippen molar-refractivity contribution in [1.29, 1.82) is 0 Å². The average molecular weight is 387 g/mol. The van der Waals surface area contributed by atoms with Crippen LogP contribution in [0, 0.1) is 11.8 Å². The molecule has 4 rings (SSSR count). The largest absolute Gasteiger partial charge is 0.454 e. The SMILES string of the molecule is CC1CCN(CCCNC(=O)[C@@H]2CC(=O)N(c3ccc4c(c3)OCO4)C2)CC1. The van der Waals surface area contributed by atoms with Crippen molar-refractivity contribution < 1.29 is 19.1 Å². The maximum atomic E-state index is 12.5. The number of likely N-dealkylation sites (tertiary alicyclic amines) is 1. The number of benzene rings is 1. The van der Waals surface area contributed by atoms with Gasteiger partial charge in [-0.15, -0.1) is 0 Å². The predicted octanol–water partition coefficient (Wildman–Crippen LogP) is 2.01. The summed E-state index contributed by atoms with van der Waals surface area (Å²) in [5.74, 6) is 1.82. The second-order valence-electron chi connectivity index (χ2n) is 8.11. The highest BCUT2D eigenvalue weighted by Gasteiger charge is 2.35. The van der Waals surface area contributed by atoms with Gasteiger partial charge in [0.15, 0.2) is 11.5 Å². The summed E-state index contributed by atoms with van der Waals surface area (Å²) in [5.41, 5.74) is 0.754. The van der Waals surface area contributed by atoms with E-state index in [4.69, 9.17) is 9.47 Å². The normalized spacial score (nSPS) is 22.7. The Morgan fingerprint density at radius 3 is 2.82 bits per heavy atom. The zero-order valence-corrected chi connectivity index (χ0v) is 16.5. The summed E-state index contributed by atoms with van der Waals surface area (Å²) in [5, 5.41) is 3.02. The third kappa shape index (κ3) is 4.24. The first-order chi connectivity index (χ1) is 13.6. The molecule has 0 spiro atoms. The van der Waals surface area contributed by atoms with Gasteiger partial charge in [0.25, 0.3) is 0 Å². The van der Waals surface area contributed by atoms with E-state index in [1.54, 1.807) is 17.0 Å². The molecule has 28 heavy (non-hydrogen) atoms. The molecule has 2 amide bonds. The molecular weight excluding hydrogens is 358 g/mol.